The van der Waals surface area contributed by atoms with Crippen LogP contribution in [0.1, 0.15) is 0 Å². The number of hydrogen-bond donors (Lipinski definition) is 2. The highest BCUT2D eigenvalue weighted by atomic mass is 28.3. The highest BCUT2D eigenvalue weighted by molar-refractivity contribution is 6.77. The normalized spacial score (nSPS) is 17.5. The van der Waals surface area contributed by atoms with E-state index in [4.69, 9.17) is 9.90 Å². The average Bonchev–Trinajstić information content (AvgIpc) is 1.76. The van der Waals surface area contributed by atoms with Crippen molar-refractivity contribution in [3.63, 3.8) is 0 Å². The number of hydrogen-bond acceptors (Lipinski definition) is 2. The average molecular weight is 243 g/mol. The zero-order chi connectivity index (χ0) is 12.3. The fraction of sp³-hybridized carbons (Fsp3) is 0.875. The van der Waals surface area contributed by atoms with Crippen molar-refractivity contribution in [3.05, 3.63) is 0 Å². The Labute approximate surface area is 87.7 Å². The molecule has 3 nitrogen and oxygen atoms in total. The summed E-state index contributed by atoms with van der Waals surface area (Å²) in [5.74, 6) is -2.76. The van der Waals surface area contributed by atoms with Crippen LogP contribution in [0.2, 0.25) is 25.2 Å². The van der Waals surface area contributed by atoms with Crippen LogP contribution in [0.15, 0.2) is 0 Å². The predicted molar refractivity (Wildman–Crippen MR) is 53.7 cm³/mol. The first kappa shape index (κ1) is 14.4. The van der Waals surface area contributed by atoms with Gasteiger partial charge >= 0.3 is 12.1 Å². The first-order chi connectivity index (χ1) is 6.55. The maximum Gasteiger partial charge on any atom is 0.490 e. The summed E-state index contributed by atoms with van der Waals surface area (Å²) in [5.41, 5.74) is 1.06. The Hall–Kier alpha value is -0.563. The van der Waals surface area contributed by atoms with Crippen LogP contribution in [0.4, 0.5) is 13.2 Å². The second-order valence-electron chi connectivity index (χ2n) is 4.52. The van der Waals surface area contributed by atoms with Crippen LogP contribution in [0.3, 0.4) is 0 Å². The number of nitrogens with one attached hydrogen (secondary N) is 1. The smallest absolute Gasteiger partial charge is 0.475 e. The van der Waals surface area contributed by atoms with Gasteiger partial charge < -0.3 is 10.4 Å². The fourth-order valence-corrected chi connectivity index (χ4v) is 2.41. The molecule has 1 rings (SSSR count). The van der Waals surface area contributed by atoms with Gasteiger partial charge in [0, 0.05) is 0 Å². The molecule has 15 heavy (non-hydrogen) atoms. The zero-order valence-electron chi connectivity index (χ0n) is 8.98. The Morgan fingerprint density at radius 1 is 1.33 bits per heavy atom. The predicted octanol–water partition coefficient (Wildman–Crippen LogP) is 1.93. The third-order valence-corrected chi connectivity index (χ3v) is 5.11. The van der Waals surface area contributed by atoms with Gasteiger partial charge in [-0.05, 0) is 18.6 Å². The summed E-state index contributed by atoms with van der Waals surface area (Å²) in [7, 11) is -0.736. The van der Waals surface area contributed by atoms with Gasteiger partial charge in [-0.1, -0.05) is 19.6 Å². The van der Waals surface area contributed by atoms with Gasteiger partial charge in [0.05, 0.1) is 8.07 Å². The lowest BCUT2D eigenvalue weighted by Gasteiger charge is -2.36. The first-order valence-corrected chi connectivity index (χ1v) is 8.13. The summed E-state index contributed by atoms with van der Waals surface area (Å²) in [5, 5.41) is 10.4. The number of halogens is 3. The molecular formula is C8H16F3NO2Si. The lowest BCUT2D eigenvalue weighted by molar-refractivity contribution is -0.192. The molecule has 0 unspecified atom stereocenters. The number of aliphatic carboxylic acids is 1. The van der Waals surface area contributed by atoms with E-state index in [1.165, 1.54) is 13.1 Å². The monoisotopic (exact) mass is 243 g/mol. The van der Waals surface area contributed by atoms with Gasteiger partial charge in [-0.15, -0.1) is 0 Å². The summed E-state index contributed by atoms with van der Waals surface area (Å²) in [6.45, 7) is 9.90. The molecule has 0 atom stereocenters. The van der Waals surface area contributed by atoms with Crippen LogP contribution < -0.4 is 5.32 Å². The summed E-state index contributed by atoms with van der Waals surface area (Å²) < 4.78 is 31.7. The van der Waals surface area contributed by atoms with Gasteiger partial charge in [0.1, 0.15) is 0 Å². The molecule has 1 aliphatic heterocycles. The molecule has 0 aliphatic carbocycles. The molecule has 1 aliphatic rings. The van der Waals surface area contributed by atoms with Crippen molar-refractivity contribution in [2.75, 3.05) is 13.1 Å². The number of rotatable bonds is 1. The van der Waals surface area contributed by atoms with E-state index in [0.717, 1.165) is 5.54 Å². The van der Waals surface area contributed by atoms with Crippen molar-refractivity contribution in [1.29, 1.82) is 0 Å². The summed E-state index contributed by atoms with van der Waals surface area (Å²) in [4.78, 5) is 8.90. The molecule has 90 valence electrons. The van der Waals surface area contributed by atoms with Crippen LogP contribution >= 0.6 is 0 Å². The van der Waals surface area contributed by atoms with Crippen LogP contribution in [0, 0.1) is 0 Å². The molecule has 7 heteroatoms. The van der Waals surface area contributed by atoms with Crippen molar-refractivity contribution in [1.82, 2.24) is 5.32 Å². The molecule has 1 heterocycles. The summed E-state index contributed by atoms with van der Waals surface area (Å²) in [6.07, 6.45) is -5.08. The Morgan fingerprint density at radius 3 is 1.67 bits per heavy atom. The van der Waals surface area contributed by atoms with Crippen molar-refractivity contribution < 1.29 is 23.1 Å². The van der Waals surface area contributed by atoms with Gasteiger partial charge in [-0.25, -0.2) is 4.79 Å². The molecule has 0 saturated carbocycles. The second-order valence-corrected chi connectivity index (χ2v) is 10.1. The number of carboxylic acids is 1. The maximum atomic E-state index is 10.6. The lowest BCUT2D eigenvalue weighted by atomic mass is 10.3. The highest BCUT2D eigenvalue weighted by Crippen LogP contribution is 2.24. The minimum absolute atomic E-state index is 0.736. The highest BCUT2D eigenvalue weighted by Gasteiger charge is 2.38. The van der Waals surface area contributed by atoms with Crippen molar-refractivity contribution >= 4 is 14.0 Å². The molecule has 0 radical (unpaired) electrons. The van der Waals surface area contributed by atoms with E-state index >= 15 is 0 Å². The third kappa shape index (κ3) is 5.78. The number of carbonyl (C=O) groups is 1. The minimum Gasteiger partial charge on any atom is -0.475 e. The van der Waals surface area contributed by atoms with Gasteiger partial charge in [-0.2, -0.15) is 13.2 Å². The van der Waals surface area contributed by atoms with E-state index in [9.17, 15) is 13.2 Å². The van der Waals surface area contributed by atoms with Crippen molar-refractivity contribution in [3.8, 4) is 0 Å². The first-order valence-electron chi connectivity index (χ1n) is 4.56. The summed E-state index contributed by atoms with van der Waals surface area (Å²) >= 11 is 0. The molecule has 1 fully saturated rings. The summed E-state index contributed by atoms with van der Waals surface area (Å²) in [6, 6.07) is 0. The number of carboxylic acid groups (broad SMARTS) is 1. The molecule has 0 spiro atoms. The van der Waals surface area contributed by atoms with Crippen molar-refractivity contribution in [2.45, 2.75) is 31.4 Å². The van der Waals surface area contributed by atoms with Crippen LogP contribution in [-0.2, 0) is 4.79 Å². The molecule has 0 aromatic rings. The Balaban J connectivity index is 0.000000265. The van der Waals surface area contributed by atoms with E-state index in [2.05, 4.69) is 25.0 Å². The van der Waals surface area contributed by atoms with Crippen LogP contribution in [0.5, 0.6) is 0 Å². The maximum absolute atomic E-state index is 10.6. The number of alkyl halides is 3. The molecule has 0 aromatic heterocycles. The SMILES string of the molecule is C[Si](C)(C)C1CNC1.O=C(O)C(F)(F)F. The molecule has 1 saturated heterocycles. The Kier molecular flexibility index (Phi) is 4.79. The molecule has 0 aromatic carbocycles. The van der Waals surface area contributed by atoms with Crippen LogP contribution in [0.25, 0.3) is 0 Å². The molecular weight excluding hydrogens is 227 g/mol. The second kappa shape index (κ2) is 4.98. The van der Waals surface area contributed by atoms with E-state index in [1.807, 2.05) is 0 Å². The van der Waals surface area contributed by atoms with Gasteiger partial charge in [0.25, 0.3) is 0 Å². The topological polar surface area (TPSA) is 49.3 Å². The van der Waals surface area contributed by atoms with E-state index in [1.54, 1.807) is 0 Å². The molecule has 2 N–H and O–H groups in total. The largest absolute Gasteiger partial charge is 0.490 e. The zero-order valence-corrected chi connectivity index (χ0v) is 9.98. The third-order valence-electron chi connectivity index (χ3n) is 2.25. The molecule has 0 bridgehead atoms. The van der Waals surface area contributed by atoms with E-state index < -0.39 is 20.2 Å². The standard InChI is InChI=1S/C6H15NSi.C2HF3O2/c1-8(2,3)6-4-7-5-6;3-2(4,5)1(6)7/h6-7H,4-5H2,1-3H3;(H,6,7). The van der Waals surface area contributed by atoms with E-state index in [0.29, 0.717) is 0 Å². The van der Waals surface area contributed by atoms with Crippen molar-refractivity contribution in [2.24, 2.45) is 0 Å². The van der Waals surface area contributed by atoms with Gasteiger partial charge in [-0.3, -0.25) is 0 Å². The lowest BCUT2D eigenvalue weighted by Crippen LogP contribution is -2.49. The van der Waals surface area contributed by atoms with Gasteiger partial charge in [0.15, 0.2) is 0 Å². The van der Waals surface area contributed by atoms with E-state index in [-0.39, 0.29) is 0 Å². The Bertz CT molecular complexity index is 221. The Morgan fingerprint density at radius 2 is 1.67 bits per heavy atom. The quantitative estimate of drug-likeness (QED) is 0.692. The van der Waals surface area contributed by atoms with Crippen LogP contribution in [-0.4, -0.2) is 38.4 Å². The molecule has 0 amide bonds. The fourth-order valence-electron chi connectivity index (χ4n) is 0.901. The van der Waals surface area contributed by atoms with Gasteiger partial charge in [0.2, 0.25) is 0 Å². The minimum atomic E-state index is -5.08.